The maximum Gasteiger partial charge on any atom is 0.0199 e. The Morgan fingerprint density at radius 1 is 1.42 bits per heavy atom. The normalized spacial score (nSPS) is 30.8. The molecule has 72 valence electrons. The first-order valence-corrected chi connectivity index (χ1v) is 4.33. The summed E-state index contributed by atoms with van der Waals surface area (Å²) in [5, 5.41) is 3.40. The van der Waals surface area contributed by atoms with Crippen LogP contribution in [0.25, 0.3) is 0 Å². The van der Waals surface area contributed by atoms with E-state index in [4.69, 9.17) is 0 Å². The summed E-state index contributed by atoms with van der Waals surface area (Å²) in [5.41, 5.74) is 0. The lowest BCUT2D eigenvalue weighted by atomic mass is 10.1. The number of piperazine rings is 1. The number of hydrogen-bond donors (Lipinski definition) is 1. The molecule has 1 aliphatic heterocycles. The zero-order chi connectivity index (χ0) is 8.27. The summed E-state index contributed by atoms with van der Waals surface area (Å²) in [5.74, 6) is 0. The Kier molecular flexibility index (Phi) is 5.55. The van der Waals surface area contributed by atoms with Crippen molar-refractivity contribution in [3.63, 3.8) is 0 Å². The summed E-state index contributed by atoms with van der Waals surface area (Å²) >= 11 is 0. The molecule has 0 aliphatic carbocycles. The molecule has 2 nitrogen and oxygen atoms in total. The Morgan fingerprint density at radius 2 is 1.92 bits per heavy atom. The van der Waals surface area contributed by atoms with Crippen LogP contribution in [0.15, 0.2) is 12.7 Å². The standard InChI is InChI=1S/C9H18N2.ClH/c1-4-5-11-8(2)6-10-7-9(11)3;/h4,8-10H,1,5-7H2,2-3H3;1H/t8-,9+;. The van der Waals surface area contributed by atoms with Crippen LogP contribution in [-0.2, 0) is 0 Å². The van der Waals surface area contributed by atoms with Gasteiger partial charge in [0.25, 0.3) is 0 Å². The molecule has 1 fully saturated rings. The van der Waals surface area contributed by atoms with E-state index in [1.54, 1.807) is 0 Å². The summed E-state index contributed by atoms with van der Waals surface area (Å²) in [7, 11) is 0. The number of halogens is 1. The summed E-state index contributed by atoms with van der Waals surface area (Å²) < 4.78 is 0. The molecule has 3 heteroatoms. The summed E-state index contributed by atoms with van der Waals surface area (Å²) in [6.45, 7) is 11.5. The summed E-state index contributed by atoms with van der Waals surface area (Å²) in [4.78, 5) is 2.48. The lowest BCUT2D eigenvalue weighted by Crippen LogP contribution is -2.54. The van der Waals surface area contributed by atoms with Crippen molar-refractivity contribution in [3.8, 4) is 0 Å². The van der Waals surface area contributed by atoms with Crippen LogP contribution < -0.4 is 5.32 Å². The minimum Gasteiger partial charge on any atom is -0.314 e. The van der Waals surface area contributed by atoms with Crippen LogP contribution in [0.1, 0.15) is 13.8 Å². The third-order valence-corrected chi connectivity index (χ3v) is 2.35. The highest BCUT2D eigenvalue weighted by molar-refractivity contribution is 5.85. The fourth-order valence-electron chi connectivity index (χ4n) is 1.68. The van der Waals surface area contributed by atoms with Gasteiger partial charge in [0.2, 0.25) is 0 Å². The SMILES string of the molecule is C=CCN1[C@H](C)CNC[C@@H]1C.Cl. The van der Waals surface area contributed by atoms with Gasteiger partial charge in [-0.25, -0.2) is 0 Å². The molecule has 0 amide bonds. The number of rotatable bonds is 2. The van der Waals surface area contributed by atoms with E-state index in [1.165, 1.54) is 0 Å². The molecule has 12 heavy (non-hydrogen) atoms. The molecule has 1 saturated heterocycles. The van der Waals surface area contributed by atoms with Crippen molar-refractivity contribution in [2.75, 3.05) is 19.6 Å². The van der Waals surface area contributed by atoms with Crippen molar-refractivity contribution < 1.29 is 0 Å². The molecule has 2 atom stereocenters. The second kappa shape index (κ2) is 5.57. The van der Waals surface area contributed by atoms with Crippen LogP contribution in [0, 0.1) is 0 Å². The van der Waals surface area contributed by atoms with E-state index >= 15 is 0 Å². The first-order chi connectivity index (χ1) is 5.25. The minimum absolute atomic E-state index is 0. The maximum atomic E-state index is 3.76. The maximum absolute atomic E-state index is 3.76. The van der Waals surface area contributed by atoms with Crippen LogP contribution in [0.4, 0.5) is 0 Å². The van der Waals surface area contributed by atoms with Gasteiger partial charge in [0.05, 0.1) is 0 Å². The first kappa shape index (κ1) is 11.9. The number of hydrogen-bond acceptors (Lipinski definition) is 2. The molecule has 1 rings (SSSR count). The molecule has 0 spiro atoms. The van der Waals surface area contributed by atoms with Crippen LogP contribution in [0.2, 0.25) is 0 Å². The monoisotopic (exact) mass is 190 g/mol. The van der Waals surface area contributed by atoms with E-state index in [0.717, 1.165) is 19.6 Å². The molecule has 0 radical (unpaired) electrons. The van der Waals surface area contributed by atoms with Crippen molar-refractivity contribution in [2.45, 2.75) is 25.9 Å². The Balaban J connectivity index is 0.00000121. The smallest absolute Gasteiger partial charge is 0.0199 e. The molecule has 0 aromatic rings. The van der Waals surface area contributed by atoms with Gasteiger partial charge in [0, 0.05) is 31.7 Å². The lowest BCUT2D eigenvalue weighted by Gasteiger charge is -2.38. The topological polar surface area (TPSA) is 15.3 Å². The van der Waals surface area contributed by atoms with Gasteiger partial charge in [-0.05, 0) is 13.8 Å². The Bertz CT molecular complexity index is 128. The van der Waals surface area contributed by atoms with Crippen molar-refractivity contribution in [3.05, 3.63) is 12.7 Å². The molecule has 1 heterocycles. The van der Waals surface area contributed by atoms with Crippen LogP contribution in [0.5, 0.6) is 0 Å². The predicted molar refractivity (Wildman–Crippen MR) is 55.9 cm³/mol. The van der Waals surface area contributed by atoms with Crippen LogP contribution in [0.3, 0.4) is 0 Å². The summed E-state index contributed by atoms with van der Waals surface area (Å²) in [6.07, 6.45) is 1.98. The molecular formula is C9H19ClN2. The van der Waals surface area contributed by atoms with Crippen molar-refractivity contribution in [2.24, 2.45) is 0 Å². The fraction of sp³-hybridized carbons (Fsp3) is 0.778. The van der Waals surface area contributed by atoms with Gasteiger partial charge >= 0.3 is 0 Å². The highest BCUT2D eigenvalue weighted by Gasteiger charge is 2.22. The Labute approximate surface area is 81.4 Å². The van der Waals surface area contributed by atoms with E-state index in [0.29, 0.717) is 12.1 Å². The zero-order valence-electron chi connectivity index (χ0n) is 7.92. The van der Waals surface area contributed by atoms with Crippen LogP contribution >= 0.6 is 12.4 Å². The van der Waals surface area contributed by atoms with Gasteiger partial charge in [-0.3, -0.25) is 4.90 Å². The first-order valence-electron chi connectivity index (χ1n) is 4.33. The molecule has 0 bridgehead atoms. The van der Waals surface area contributed by atoms with E-state index in [1.807, 2.05) is 6.08 Å². The quantitative estimate of drug-likeness (QED) is 0.660. The molecule has 0 aromatic carbocycles. The van der Waals surface area contributed by atoms with E-state index < -0.39 is 0 Å². The van der Waals surface area contributed by atoms with Gasteiger partial charge in [0.15, 0.2) is 0 Å². The van der Waals surface area contributed by atoms with Gasteiger partial charge < -0.3 is 5.32 Å². The number of nitrogens with zero attached hydrogens (tertiary/aromatic N) is 1. The molecule has 1 aliphatic rings. The van der Waals surface area contributed by atoms with Gasteiger partial charge in [-0.2, -0.15) is 0 Å². The van der Waals surface area contributed by atoms with Crippen molar-refractivity contribution in [1.82, 2.24) is 10.2 Å². The number of nitrogens with one attached hydrogen (secondary N) is 1. The summed E-state index contributed by atoms with van der Waals surface area (Å²) in [6, 6.07) is 1.30. The molecule has 1 N–H and O–H groups in total. The predicted octanol–water partition coefficient (Wildman–Crippen LogP) is 1.28. The molecule has 0 aromatic heterocycles. The Hall–Kier alpha value is -0.0500. The van der Waals surface area contributed by atoms with Gasteiger partial charge in [-0.1, -0.05) is 6.08 Å². The van der Waals surface area contributed by atoms with E-state index in [2.05, 4.69) is 30.6 Å². The second-order valence-electron chi connectivity index (χ2n) is 3.34. The Morgan fingerprint density at radius 3 is 2.33 bits per heavy atom. The van der Waals surface area contributed by atoms with Crippen molar-refractivity contribution >= 4 is 12.4 Å². The highest BCUT2D eigenvalue weighted by atomic mass is 35.5. The van der Waals surface area contributed by atoms with E-state index in [9.17, 15) is 0 Å². The van der Waals surface area contributed by atoms with Gasteiger partial charge in [-0.15, -0.1) is 19.0 Å². The molecule has 0 saturated carbocycles. The van der Waals surface area contributed by atoms with Gasteiger partial charge in [0.1, 0.15) is 0 Å². The highest BCUT2D eigenvalue weighted by Crippen LogP contribution is 2.08. The third-order valence-electron chi connectivity index (χ3n) is 2.35. The minimum atomic E-state index is 0. The fourth-order valence-corrected chi connectivity index (χ4v) is 1.68. The largest absolute Gasteiger partial charge is 0.314 e. The average Bonchev–Trinajstić information content (AvgIpc) is 1.97. The van der Waals surface area contributed by atoms with Crippen LogP contribution in [-0.4, -0.2) is 36.6 Å². The van der Waals surface area contributed by atoms with Crippen molar-refractivity contribution in [1.29, 1.82) is 0 Å². The lowest BCUT2D eigenvalue weighted by molar-refractivity contribution is 0.133. The average molecular weight is 191 g/mol. The third kappa shape index (κ3) is 2.77. The van der Waals surface area contributed by atoms with E-state index in [-0.39, 0.29) is 12.4 Å². The molecular weight excluding hydrogens is 172 g/mol. The zero-order valence-corrected chi connectivity index (χ0v) is 8.73. The second-order valence-corrected chi connectivity index (χ2v) is 3.34. The molecule has 0 unspecified atom stereocenters.